The number of rotatable bonds is 8. The predicted octanol–water partition coefficient (Wildman–Crippen LogP) is 5.69. The first-order valence-corrected chi connectivity index (χ1v) is 9.71. The van der Waals surface area contributed by atoms with E-state index in [4.69, 9.17) is 14.2 Å². The van der Waals surface area contributed by atoms with E-state index in [0.717, 1.165) is 12.8 Å². The number of benzene rings is 1. The first kappa shape index (κ1) is 24.5. The Bertz CT molecular complexity index is 663. The normalized spacial score (nSPS) is 18.8. The molecule has 10 heteroatoms. The van der Waals surface area contributed by atoms with E-state index >= 15 is 0 Å². The highest BCUT2D eigenvalue weighted by Crippen LogP contribution is 2.38. The Hall–Kier alpha value is -1.81. The molecule has 2 unspecified atom stereocenters. The van der Waals surface area contributed by atoms with Crippen LogP contribution in [-0.2, 0) is 31.4 Å². The molecule has 0 aromatic heterocycles. The number of halogens is 6. The van der Waals surface area contributed by atoms with Crippen LogP contribution < -0.4 is 0 Å². The van der Waals surface area contributed by atoms with Gasteiger partial charge in [-0.3, -0.25) is 4.79 Å². The molecule has 0 saturated carbocycles. The summed E-state index contributed by atoms with van der Waals surface area (Å²) in [4.78, 5) is 12.3. The van der Waals surface area contributed by atoms with Gasteiger partial charge in [0.05, 0.1) is 23.7 Å². The lowest BCUT2D eigenvalue weighted by Crippen LogP contribution is -2.23. The number of ether oxygens (including phenoxy) is 3. The monoisotopic (exact) mass is 442 g/mol. The zero-order valence-electron chi connectivity index (χ0n) is 16.4. The minimum absolute atomic E-state index is 0.0236. The van der Waals surface area contributed by atoms with E-state index in [-0.39, 0.29) is 44.0 Å². The predicted molar refractivity (Wildman–Crippen MR) is 94.6 cm³/mol. The topological polar surface area (TPSA) is 44.8 Å². The van der Waals surface area contributed by atoms with Crippen LogP contribution in [0.2, 0.25) is 0 Å². The highest BCUT2D eigenvalue weighted by molar-refractivity contribution is 5.78. The summed E-state index contributed by atoms with van der Waals surface area (Å²) in [5, 5.41) is 0. The molecule has 1 aromatic rings. The Labute approximate surface area is 170 Å². The van der Waals surface area contributed by atoms with Crippen molar-refractivity contribution in [2.24, 2.45) is 0 Å². The Balaban J connectivity index is 2.21. The average Bonchev–Trinajstić information content (AvgIpc) is 2.67. The van der Waals surface area contributed by atoms with Crippen LogP contribution in [0.3, 0.4) is 0 Å². The Kier molecular flexibility index (Phi) is 8.54. The van der Waals surface area contributed by atoms with Crippen LogP contribution in [0.4, 0.5) is 26.3 Å². The third kappa shape index (κ3) is 7.16. The van der Waals surface area contributed by atoms with Crippen molar-refractivity contribution in [1.29, 1.82) is 0 Å². The van der Waals surface area contributed by atoms with E-state index in [2.05, 4.69) is 0 Å². The fourth-order valence-electron chi connectivity index (χ4n) is 3.19. The second kappa shape index (κ2) is 10.5. The summed E-state index contributed by atoms with van der Waals surface area (Å²) in [7, 11) is 0. The molecule has 0 amide bonds. The summed E-state index contributed by atoms with van der Waals surface area (Å²) < 4.78 is 94.7. The molecule has 1 fully saturated rings. The minimum Gasteiger partial charge on any atom is -0.466 e. The van der Waals surface area contributed by atoms with Gasteiger partial charge in [0, 0.05) is 13.2 Å². The minimum atomic E-state index is -4.99. The molecule has 0 aliphatic carbocycles. The van der Waals surface area contributed by atoms with Gasteiger partial charge in [-0.15, -0.1) is 0 Å². The Morgan fingerprint density at radius 3 is 2.23 bits per heavy atom. The summed E-state index contributed by atoms with van der Waals surface area (Å²) in [6, 6.07) is 1.18. The van der Waals surface area contributed by atoms with Crippen LogP contribution >= 0.6 is 0 Å². The van der Waals surface area contributed by atoms with Gasteiger partial charge in [0.15, 0.2) is 6.29 Å². The van der Waals surface area contributed by atoms with Gasteiger partial charge in [0.2, 0.25) is 0 Å². The average molecular weight is 442 g/mol. The number of alkyl halides is 6. The number of carbonyl (C=O) groups is 1. The summed E-state index contributed by atoms with van der Waals surface area (Å²) in [5.74, 6) is -2.15. The third-order valence-corrected chi connectivity index (χ3v) is 4.66. The van der Waals surface area contributed by atoms with Crippen LogP contribution in [0.15, 0.2) is 18.2 Å². The van der Waals surface area contributed by atoms with E-state index in [9.17, 15) is 31.1 Å². The SMILES string of the molecule is CCOC(=O)C(CCCOC1CCCCO1)c1cc(C(F)(F)F)cc(C(F)(F)F)c1. The summed E-state index contributed by atoms with van der Waals surface area (Å²) in [5.41, 5.74) is -3.31. The number of carbonyl (C=O) groups excluding carboxylic acids is 1. The van der Waals surface area contributed by atoms with Crippen LogP contribution in [0.5, 0.6) is 0 Å². The smallest absolute Gasteiger partial charge is 0.416 e. The van der Waals surface area contributed by atoms with E-state index in [1.54, 1.807) is 0 Å². The maximum absolute atomic E-state index is 13.1. The molecule has 0 bridgehead atoms. The van der Waals surface area contributed by atoms with Crippen LogP contribution in [-0.4, -0.2) is 32.1 Å². The van der Waals surface area contributed by atoms with Crippen molar-refractivity contribution in [3.05, 3.63) is 34.9 Å². The zero-order chi connectivity index (χ0) is 22.4. The third-order valence-electron chi connectivity index (χ3n) is 4.66. The molecule has 0 N–H and O–H groups in total. The van der Waals surface area contributed by atoms with E-state index in [1.807, 2.05) is 0 Å². The van der Waals surface area contributed by atoms with Crippen LogP contribution in [0.1, 0.15) is 61.6 Å². The van der Waals surface area contributed by atoms with Gasteiger partial charge < -0.3 is 14.2 Å². The quantitative estimate of drug-likeness (QED) is 0.295. The first-order chi connectivity index (χ1) is 14.0. The van der Waals surface area contributed by atoms with Gasteiger partial charge >= 0.3 is 18.3 Å². The lowest BCUT2D eigenvalue weighted by atomic mass is 9.91. The van der Waals surface area contributed by atoms with E-state index in [1.165, 1.54) is 6.92 Å². The highest BCUT2D eigenvalue weighted by atomic mass is 19.4. The van der Waals surface area contributed by atoms with Crippen molar-refractivity contribution < 1.29 is 45.3 Å². The van der Waals surface area contributed by atoms with Gasteiger partial charge in [-0.25, -0.2) is 0 Å². The van der Waals surface area contributed by atoms with Gasteiger partial charge in [-0.1, -0.05) is 0 Å². The fraction of sp³-hybridized carbons (Fsp3) is 0.650. The van der Waals surface area contributed by atoms with Gasteiger partial charge in [-0.2, -0.15) is 26.3 Å². The molecule has 30 heavy (non-hydrogen) atoms. The highest BCUT2D eigenvalue weighted by Gasteiger charge is 2.38. The molecule has 1 aliphatic rings. The first-order valence-electron chi connectivity index (χ1n) is 9.71. The fourth-order valence-corrected chi connectivity index (χ4v) is 3.19. The molecule has 0 spiro atoms. The number of hydrogen-bond acceptors (Lipinski definition) is 4. The van der Waals surface area contributed by atoms with Crippen molar-refractivity contribution in [3.8, 4) is 0 Å². The zero-order valence-corrected chi connectivity index (χ0v) is 16.4. The summed E-state index contributed by atoms with van der Waals surface area (Å²) >= 11 is 0. The summed E-state index contributed by atoms with van der Waals surface area (Å²) in [6.07, 6.45) is -7.56. The van der Waals surface area contributed by atoms with E-state index < -0.39 is 35.4 Å². The molecule has 0 radical (unpaired) electrons. The lowest BCUT2D eigenvalue weighted by Gasteiger charge is -2.23. The molecule has 1 heterocycles. The van der Waals surface area contributed by atoms with Crippen molar-refractivity contribution >= 4 is 5.97 Å². The van der Waals surface area contributed by atoms with Crippen molar-refractivity contribution in [1.82, 2.24) is 0 Å². The molecule has 1 aliphatic heterocycles. The number of esters is 1. The molecule has 1 aromatic carbocycles. The number of hydrogen-bond donors (Lipinski definition) is 0. The van der Waals surface area contributed by atoms with Gasteiger partial charge in [-0.05, 0) is 62.8 Å². The molecule has 2 rings (SSSR count). The molecule has 4 nitrogen and oxygen atoms in total. The Morgan fingerprint density at radius 2 is 1.73 bits per heavy atom. The van der Waals surface area contributed by atoms with E-state index in [0.29, 0.717) is 25.2 Å². The maximum atomic E-state index is 13.1. The Morgan fingerprint density at radius 1 is 1.10 bits per heavy atom. The van der Waals surface area contributed by atoms with Crippen molar-refractivity contribution in [2.45, 2.75) is 63.6 Å². The van der Waals surface area contributed by atoms with Gasteiger partial charge in [0.25, 0.3) is 0 Å². The largest absolute Gasteiger partial charge is 0.466 e. The van der Waals surface area contributed by atoms with Crippen LogP contribution in [0, 0.1) is 0 Å². The molecule has 170 valence electrons. The summed E-state index contributed by atoms with van der Waals surface area (Å²) in [6.45, 7) is 2.19. The molecular weight excluding hydrogens is 418 g/mol. The second-order valence-electron chi connectivity index (χ2n) is 6.95. The standard InChI is InChI=1S/C20H24F6O4/c1-2-28-18(27)16(6-5-9-30-17-7-3-4-8-29-17)13-10-14(19(21,22)23)12-15(11-13)20(24,25)26/h10-12,16-17H,2-9H2,1H3. The maximum Gasteiger partial charge on any atom is 0.416 e. The molecule has 2 atom stereocenters. The molecular formula is C20H24F6O4. The van der Waals surface area contributed by atoms with Gasteiger partial charge in [0.1, 0.15) is 0 Å². The molecule has 1 saturated heterocycles. The van der Waals surface area contributed by atoms with Crippen LogP contribution in [0.25, 0.3) is 0 Å². The second-order valence-corrected chi connectivity index (χ2v) is 6.95. The lowest BCUT2D eigenvalue weighted by molar-refractivity contribution is -0.163. The van der Waals surface area contributed by atoms with Crippen molar-refractivity contribution in [3.63, 3.8) is 0 Å². The van der Waals surface area contributed by atoms with Crippen molar-refractivity contribution in [2.75, 3.05) is 19.8 Å².